The Morgan fingerprint density at radius 1 is 1.32 bits per heavy atom. The van der Waals surface area contributed by atoms with Crippen molar-refractivity contribution in [2.24, 2.45) is 0 Å². The fraction of sp³-hybridized carbons (Fsp3) is 0.538. The molecule has 0 unspecified atom stereocenters. The topological polar surface area (TPSA) is 81.4 Å². The largest absolute Gasteiger partial charge is 0.462 e. The van der Waals surface area contributed by atoms with Gasteiger partial charge in [-0.2, -0.15) is 0 Å². The SMILES string of the molecule is CCCNc1sc(C(=O)CC)c(N)c1C(=O)OCC. The molecule has 1 heterocycles. The van der Waals surface area contributed by atoms with Gasteiger partial charge in [0.15, 0.2) is 5.78 Å². The highest BCUT2D eigenvalue weighted by Gasteiger charge is 2.25. The molecule has 0 saturated carbocycles. The van der Waals surface area contributed by atoms with E-state index in [0.717, 1.165) is 6.42 Å². The van der Waals surface area contributed by atoms with E-state index in [1.54, 1.807) is 13.8 Å². The molecule has 0 aromatic carbocycles. The molecule has 106 valence electrons. The first-order valence-corrected chi connectivity index (χ1v) is 7.24. The van der Waals surface area contributed by atoms with Gasteiger partial charge in [0.2, 0.25) is 0 Å². The van der Waals surface area contributed by atoms with Crippen molar-refractivity contribution in [2.75, 3.05) is 24.2 Å². The first-order valence-electron chi connectivity index (χ1n) is 6.43. The van der Waals surface area contributed by atoms with Crippen LogP contribution in [-0.2, 0) is 4.74 Å². The normalized spacial score (nSPS) is 10.3. The van der Waals surface area contributed by atoms with Crippen molar-refractivity contribution in [1.82, 2.24) is 0 Å². The van der Waals surface area contributed by atoms with Gasteiger partial charge >= 0.3 is 5.97 Å². The lowest BCUT2D eigenvalue weighted by Crippen LogP contribution is -2.10. The summed E-state index contributed by atoms with van der Waals surface area (Å²) in [6.45, 7) is 6.51. The highest BCUT2D eigenvalue weighted by molar-refractivity contribution is 7.19. The van der Waals surface area contributed by atoms with Crippen LogP contribution in [0.3, 0.4) is 0 Å². The van der Waals surface area contributed by atoms with Crippen LogP contribution in [0.2, 0.25) is 0 Å². The molecule has 0 amide bonds. The molecule has 3 N–H and O–H groups in total. The smallest absolute Gasteiger partial charge is 0.343 e. The van der Waals surface area contributed by atoms with Crippen molar-refractivity contribution in [2.45, 2.75) is 33.6 Å². The molecule has 0 saturated heterocycles. The van der Waals surface area contributed by atoms with Gasteiger partial charge in [-0.1, -0.05) is 13.8 Å². The first kappa shape index (κ1) is 15.5. The molecule has 1 aromatic heterocycles. The van der Waals surface area contributed by atoms with Gasteiger partial charge in [0.25, 0.3) is 0 Å². The van der Waals surface area contributed by atoms with E-state index < -0.39 is 5.97 Å². The zero-order chi connectivity index (χ0) is 14.4. The third-order valence-electron chi connectivity index (χ3n) is 2.53. The maximum atomic E-state index is 11.9. The molecular formula is C13H20N2O3S. The fourth-order valence-corrected chi connectivity index (χ4v) is 2.72. The average molecular weight is 284 g/mol. The van der Waals surface area contributed by atoms with Crippen LogP contribution in [0.5, 0.6) is 0 Å². The Balaban J connectivity index is 3.19. The number of esters is 1. The molecule has 0 radical (unpaired) electrons. The van der Waals surface area contributed by atoms with E-state index in [2.05, 4.69) is 5.32 Å². The van der Waals surface area contributed by atoms with Crippen LogP contribution < -0.4 is 11.1 Å². The molecule has 1 aromatic rings. The van der Waals surface area contributed by atoms with E-state index in [0.29, 0.717) is 22.8 Å². The second kappa shape index (κ2) is 7.13. The number of carbonyl (C=O) groups is 2. The highest BCUT2D eigenvalue weighted by Crippen LogP contribution is 2.37. The van der Waals surface area contributed by atoms with Gasteiger partial charge in [-0.3, -0.25) is 4.79 Å². The number of rotatable bonds is 7. The molecule has 0 aliphatic carbocycles. The number of nitrogens with one attached hydrogen (secondary N) is 1. The number of nitrogens with two attached hydrogens (primary N) is 1. The van der Waals surface area contributed by atoms with Crippen LogP contribution in [0.15, 0.2) is 0 Å². The first-order chi connectivity index (χ1) is 9.06. The minimum absolute atomic E-state index is 0.0578. The van der Waals surface area contributed by atoms with Crippen molar-refractivity contribution in [3.05, 3.63) is 10.4 Å². The van der Waals surface area contributed by atoms with Crippen molar-refractivity contribution in [3.8, 4) is 0 Å². The van der Waals surface area contributed by atoms with Gasteiger partial charge in [0, 0.05) is 13.0 Å². The molecule has 0 fully saturated rings. The average Bonchev–Trinajstić information content (AvgIpc) is 2.72. The van der Waals surface area contributed by atoms with Crippen molar-refractivity contribution >= 4 is 33.8 Å². The van der Waals surface area contributed by atoms with Crippen LogP contribution in [0.25, 0.3) is 0 Å². The zero-order valence-electron chi connectivity index (χ0n) is 11.5. The fourth-order valence-electron chi connectivity index (χ4n) is 1.58. The maximum Gasteiger partial charge on any atom is 0.343 e. The number of hydrogen-bond donors (Lipinski definition) is 2. The van der Waals surface area contributed by atoms with Crippen molar-refractivity contribution in [1.29, 1.82) is 0 Å². The van der Waals surface area contributed by atoms with Gasteiger partial charge in [-0.05, 0) is 13.3 Å². The maximum absolute atomic E-state index is 11.9. The number of anilines is 2. The predicted molar refractivity (Wildman–Crippen MR) is 78.1 cm³/mol. The second-order valence-electron chi connectivity index (χ2n) is 3.97. The van der Waals surface area contributed by atoms with E-state index in [1.807, 2.05) is 6.92 Å². The molecular weight excluding hydrogens is 264 g/mol. The summed E-state index contributed by atoms with van der Waals surface area (Å²) >= 11 is 1.23. The van der Waals surface area contributed by atoms with Crippen LogP contribution in [0, 0.1) is 0 Å². The molecule has 0 aliphatic heterocycles. The van der Waals surface area contributed by atoms with Gasteiger partial charge < -0.3 is 15.8 Å². The molecule has 1 rings (SSSR count). The summed E-state index contributed by atoms with van der Waals surface area (Å²) in [4.78, 5) is 24.2. The summed E-state index contributed by atoms with van der Waals surface area (Å²) in [5.74, 6) is -0.539. The molecule has 5 nitrogen and oxygen atoms in total. The molecule has 0 bridgehead atoms. The minimum atomic E-state index is -0.481. The number of ketones is 1. The van der Waals surface area contributed by atoms with Crippen molar-refractivity contribution in [3.63, 3.8) is 0 Å². The second-order valence-corrected chi connectivity index (χ2v) is 4.99. The zero-order valence-corrected chi connectivity index (χ0v) is 12.4. The summed E-state index contributed by atoms with van der Waals surface area (Å²) in [5, 5.41) is 3.75. The number of hydrogen-bond acceptors (Lipinski definition) is 6. The van der Waals surface area contributed by atoms with Gasteiger partial charge in [-0.15, -0.1) is 11.3 Å². The van der Waals surface area contributed by atoms with Crippen LogP contribution in [-0.4, -0.2) is 24.9 Å². The third-order valence-corrected chi connectivity index (χ3v) is 3.74. The number of carbonyl (C=O) groups excluding carboxylic acids is 2. The Kier molecular flexibility index (Phi) is 5.82. The number of thiophene rings is 1. The van der Waals surface area contributed by atoms with Gasteiger partial charge in [-0.25, -0.2) is 4.79 Å². The Morgan fingerprint density at radius 3 is 2.53 bits per heavy atom. The summed E-state index contributed by atoms with van der Waals surface area (Å²) in [6.07, 6.45) is 1.28. The lowest BCUT2D eigenvalue weighted by Gasteiger charge is -2.06. The Bertz CT molecular complexity index is 469. The summed E-state index contributed by atoms with van der Waals surface area (Å²) in [5.41, 5.74) is 6.45. The van der Waals surface area contributed by atoms with Crippen LogP contribution in [0.4, 0.5) is 10.7 Å². The van der Waals surface area contributed by atoms with E-state index in [4.69, 9.17) is 10.5 Å². The van der Waals surface area contributed by atoms with E-state index >= 15 is 0 Å². The third kappa shape index (κ3) is 3.47. The number of nitrogen functional groups attached to an aromatic ring is 1. The molecule has 6 heteroatoms. The molecule has 0 atom stereocenters. The standard InChI is InChI=1S/C13H20N2O3S/c1-4-7-15-12-9(13(17)18-6-3)10(14)11(19-12)8(16)5-2/h15H,4-7,14H2,1-3H3. The van der Waals surface area contributed by atoms with E-state index in [-0.39, 0.29) is 23.6 Å². The number of ether oxygens (including phenoxy) is 1. The molecule has 19 heavy (non-hydrogen) atoms. The summed E-state index contributed by atoms with van der Waals surface area (Å²) in [6, 6.07) is 0. The highest BCUT2D eigenvalue weighted by atomic mass is 32.1. The van der Waals surface area contributed by atoms with E-state index in [9.17, 15) is 9.59 Å². The lowest BCUT2D eigenvalue weighted by atomic mass is 10.2. The predicted octanol–water partition coefficient (Wildman–Crippen LogP) is 2.92. The Hall–Kier alpha value is -1.56. The van der Waals surface area contributed by atoms with Gasteiger partial charge in [0.05, 0.1) is 17.2 Å². The van der Waals surface area contributed by atoms with E-state index in [1.165, 1.54) is 11.3 Å². The molecule has 0 aliphatic rings. The minimum Gasteiger partial charge on any atom is -0.462 e. The summed E-state index contributed by atoms with van der Waals surface area (Å²) < 4.78 is 4.99. The lowest BCUT2D eigenvalue weighted by molar-refractivity contribution is 0.0529. The Morgan fingerprint density at radius 2 is 2.00 bits per heavy atom. The summed E-state index contributed by atoms with van der Waals surface area (Å²) in [7, 11) is 0. The van der Waals surface area contributed by atoms with Crippen molar-refractivity contribution < 1.29 is 14.3 Å². The quantitative estimate of drug-likeness (QED) is 0.594. The van der Waals surface area contributed by atoms with Crippen LogP contribution in [0.1, 0.15) is 53.6 Å². The number of Topliss-reactive ketones (excluding diaryl/α,β-unsaturated/α-hetero) is 1. The van der Waals surface area contributed by atoms with Crippen LogP contribution >= 0.6 is 11.3 Å². The molecule has 0 spiro atoms. The Labute approximate surface area is 117 Å². The van der Waals surface area contributed by atoms with Gasteiger partial charge in [0.1, 0.15) is 10.6 Å². The monoisotopic (exact) mass is 284 g/mol.